The molecule has 0 aliphatic carbocycles. The fourth-order valence-corrected chi connectivity index (χ4v) is 2.57. The van der Waals surface area contributed by atoms with E-state index in [4.69, 9.17) is 11.6 Å². The summed E-state index contributed by atoms with van der Waals surface area (Å²) >= 11 is 5.83. The van der Waals surface area contributed by atoms with Crippen LogP contribution in [0, 0.1) is 6.92 Å². The third-order valence-corrected chi connectivity index (χ3v) is 3.58. The third-order valence-electron chi connectivity index (χ3n) is 3.40. The molecule has 0 atom stereocenters. The molecule has 3 rings (SSSR count). The van der Waals surface area contributed by atoms with E-state index in [0.717, 1.165) is 16.9 Å². The van der Waals surface area contributed by atoms with Crippen molar-refractivity contribution in [3.8, 4) is 5.69 Å². The Morgan fingerprint density at radius 3 is 2.67 bits per heavy atom. The van der Waals surface area contributed by atoms with Gasteiger partial charge in [0, 0.05) is 28.5 Å². The van der Waals surface area contributed by atoms with E-state index in [1.54, 1.807) is 16.8 Å². The standard InChI is InChI=1S/C16H12ClN3O/c1-3-12-10(2)20(11-7-5-4-6-8-11)15(21)14-13(12)9-18-16(17)19-14/h3-9H,1H2,2H3. The van der Waals surface area contributed by atoms with Crippen molar-refractivity contribution < 1.29 is 0 Å². The minimum Gasteiger partial charge on any atom is -0.279 e. The van der Waals surface area contributed by atoms with Gasteiger partial charge in [-0.3, -0.25) is 9.36 Å². The van der Waals surface area contributed by atoms with Gasteiger partial charge in [-0.2, -0.15) is 0 Å². The first-order valence-corrected chi connectivity index (χ1v) is 6.77. The Morgan fingerprint density at radius 1 is 1.29 bits per heavy atom. The van der Waals surface area contributed by atoms with Crippen molar-refractivity contribution in [2.75, 3.05) is 0 Å². The van der Waals surface area contributed by atoms with Gasteiger partial charge in [0.2, 0.25) is 5.28 Å². The number of para-hydroxylation sites is 1. The molecule has 0 saturated heterocycles. The Bertz CT molecular complexity index is 901. The highest BCUT2D eigenvalue weighted by atomic mass is 35.5. The van der Waals surface area contributed by atoms with Crippen molar-refractivity contribution in [2.24, 2.45) is 0 Å². The lowest BCUT2D eigenvalue weighted by molar-refractivity contribution is 0.938. The van der Waals surface area contributed by atoms with Crippen LogP contribution < -0.4 is 5.56 Å². The lowest BCUT2D eigenvalue weighted by atomic mass is 10.1. The molecule has 0 radical (unpaired) electrons. The molecule has 0 aliphatic rings. The van der Waals surface area contributed by atoms with Crippen LogP contribution in [0.2, 0.25) is 5.28 Å². The summed E-state index contributed by atoms with van der Waals surface area (Å²) in [4.78, 5) is 20.8. The highest BCUT2D eigenvalue weighted by Crippen LogP contribution is 2.22. The molecule has 3 aromatic rings. The predicted octanol–water partition coefficient (Wildman–Crippen LogP) is 3.39. The number of pyridine rings is 1. The largest absolute Gasteiger partial charge is 0.282 e. The molecule has 0 spiro atoms. The molecule has 0 aliphatic heterocycles. The van der Waals surface area contributed by atoms with Crippen LogP contribution in [-0.4, -0.2) is 14.5 Å². The first kappa shape index (κ1) is 13.5. The molecule has 1 aromatic carbocycles. The van der Waals surface area contributed by atoms with E-state index in [2.05, 4.69) is 16.5 Å². The maximum atomic E-state index is 12.7. The van der Waals surface area contributed by atoms with Crippen LogP contribution >= 0.6 is 11.6 Å². The molecule has 104 valence electrons. The lowest BCUT2D eigenvalue weighted by Gasteiger charge is -2.14. The number of nitrogens with zero attached hydrogens (tertiary/aromatic N) is 3. The highest BCUT2D eigenvalue weighted by Gasteiger charge is 2.15. The Balaban J connectivity index is 2.52. The number of rotatable bonds is 2. The van der Waals surface area contributed by atoms with Crippen LogP contribution in [0.1, 0.15) is 11.3 Å². The number of hydrogen-bond acceptors (Lipinski definition) is 3. The molecule has 0 amide bonds. The summed E-state index contributed by atoms with van der Waals surface area (Å²) < 4.78 is 1.61. The molecule has 5 heteroatoms. The van der Waals surface area contributed by atoms with Crippen molar-refractivity contribution in [3.05, 3.63) is 70.0 Å². The fourth-order valence-electron chi connectivity index (χ4n) is 2.44. The van der Waals surface area contributed by atoms with Crippen molar-refractivity contribution in [1.29, 1.82) is 0 Å². The highest BCUT2D eigenvalue weighted by molar-refractivity contribution is 6.28. The molecule has 0 unspecified atom stereocenters. The van der Waals surface area contributed by atoms with E-state index in [9.17, 15) is 4.79 Å². The summed E-state index contributed by atoms with van der Waals surface area (Å²) in [6, 6.07) is 9.40. The number of fused-ring (bicyclic) bond motifs is 1. The van der Waals surface area contributed by atoms with Gasteiger partial charge in [0.15, 0.2) is 0 Å². The number of halogens is 1. The molecule has 0 bridgehead atoms. The second-order valence-corrected chi connectivity index (χ2v) is 4.92. The Labute approximate surface area is 126 Å². The van der Waals surface area contributed by atoms with E-state index in [1.165, 1.54) is 0 Å². The van der Waals surface area contributed by atoms with Crippen molar-refractivity contribution in [2.45, 2.75) is 6.92 Å². The number of hydrogen-bond donors (Lipinski definition) is 0. The van der Waals surface area contributed by atoms with Crippen LogP contribution in [0.4, 0.5) is 0 Å². The second kappa shape index (κ2) is 5.14. The minimum atomic E-state index is -0.219. The average molecular weight is 298 g/mol. The molecule has 0 N–H and O–H groups in total. The topological polar surface area (TPSA) is 47.8 Å². The molecule has 4 nitrogen and oxygen atoms in total. The van der Waals surface area contributed by atoms with Gasteiger partial charge in [0.1, 0.15) is 5.52 Å². The Hall–Kier alpha value is -2.46. The van der Waals surface area contributed by atoms with E-state index in [1.807, 2.05) is 37.3 Å². The van der Waals surface area contributed by atoms with E-state index in [0.29, 0.717) is 10.9 Å². The second-order valence-electron chi connectivity index (χ2n) is 4.58. The quantitative estimate of drug-likeness (QED) is 0.681. The average Bonchev–Trinajstić information content (AvgIpc) is 2.50. The van der Waals surface area contributed by atoms with E-state index < -0.39 is 0 Å². The minimum absolute atomic E-state index is 0.0538. The van der Waals surface area contributed by atoms with Gasteiger partial charge in [-0.15, -0.1) is 0 Å². The maximum absolute atomic E-state index is 12.7. The van der Waals surface area contributed by atoms with Gasteiger partial charge in [-0.05, 0) is 30.7 Å². The Morgan fingerprint density at radius 2 is 2.00 bits per heavy atom. The maximum Gasteiger partial charge on any atom is 0.282 e. The molecule has 0 fully saturated rings. The van der Waals surface area contributed by atoms with Crippen molar-refractivity contribution in [3.63, 3.8) is 0 Å². The van der Waals surface area contributed by atoms with Crippen molar-refractivity contribution in [1.82, 2.24) is 14.5 Å². The van der Waals surface area contributed by atoms with Crippen LogP contribution in [-0.2, 0) is 0 Å². The van der Waals surface area contributed by atoms with Crippen LogP contribution in [0.5, 0.6) is 0 Å². The van der Waals surface area contributed by atoms with Crippen LogP contribution in [0.25, 0.3) is 22.7 Å². The summed E-state index contributed by atoms with van der Waals surface area (Å²) in [7, 11) is 0. The number of aromatic nitrogens is 3. The van der Waals surface area contributed by atoms with Gasteiger partial charge < -0.3 is 0 Å². The molecular weight excluding hydrogens is 286 g/mol. The fraction of sp³-hybridized carbons (Fsp3) is 0.0625. The zero-order valence-electron chi connectivity index (χ0n) is 11.4. The van der Waals surface area contributed by atoms with Gasteiger partial charge >= 0.3 is 0 Å². The van der Waals surface area contributed by atoms with Crippen LogP contribution in [0.15, 0.2) is 47.9 Å². The van der Waals surface area contributed by atoms with E-state index in [-0.39, 0.29) is 10.8 Å². The third kappa shape index (κ3) is 2.14. The zero-order chi connectivity index (χ0) is 15.0. The summed E-state index contributed by atoms with van der Waals surface area (Å²) in [6.45, 7) is 5.70. The zero-order valence-corrected chi connectivity index (χ0v) is 12.1. The SMILES string of the molecule is C=Cc1c(C)n(-c2ccccc2)c(=O)c2nc(Cl)ncc12. The molecule has 2 heterocycles. The Kier molecular flexibility index (Phi) is 3.31. The predicted molar refractivity (Wildman–Crippen MR) is 85.0 cm³/mol. The summed E-state index contributed by atoms with van der Waals surface area (Å²) in [6.07, 6.45) is 3.26. The monoisotopic (exact) mass is 297 g/mol. The summed E-state index contributed by atoms with van der Waals surface area (Å²) in [5.41, 5.74) is 2.47. The van der Waals surface area contributed by atoms with E-state index >= 15 is 0 Å². The first-order valence-electron chi connectivity index (χ1n) is 6.39. The summed E-state index contributed by atoms with van der Waals surface area (Å²) in [5, 5.41) is 0.710. The van der Waals surface area contributed by atoms with Crippen molar-refractivity contribution >= 4 is 28.6 Å². The van der Waals surface area contributed by atoms with Crippen LogP contribution in [0.3, 0.4) is 0 Å². The molecule has 21 heavy (non-hydrogen) atoms. The normalized spacial score (nSPS) is 10.8. The number of benzene rings is 1. The van der Waals surface area contributed by atoms with Gasteiger partial charge in [0.05, 0.1) is 0 Å². The summed E-state index contributed by atoms with van der Waals surface area (Å²) in [5.74, 6) is 0. The molecular formula is C16H12ClN3O. The van der Waals surface area contributed by atoms with Gasteiger partial charge in [0.25, 0.3) is 5.56 Å². The molecule has 0 saturated carbocycles. The first-order chi connectivity index (χ1) is 10.1. The lowest BCUT2D eigenvalue weighted by Crippen LogP contribution is -2.23. The van der Waals surface area contributed by atoms with Gasteiger partial charge in [-0.25, -0.2) is 9.97 Å². The van der Waals surface area contributed by atoms with Gasteiger partial charge in [-0.1, -0.05) is 30.9 Å². The molecule has 2 aromatic heterocycles. The smallest absolute Gasteiger partial charge is 0.279 e.